The van der Waals surface area contributed by atoms with E-state index in [0.29, 0.717) is 0 Å². The molecule has 0 radical (unpaired) electrons. The number of hydrogen-bond acceptors (Lipinski definition) is 6. The van der Waals surface area contributed by atoms with Crippen molar-refractivity contribution in [1.29, 1.82) is 5.26 Å². The normalized spacial score (nSPS) is 10.5. The summed E-state index contributed by atoms with van der Waals surface area (Å²) in [6, 6.07) is 11.7. The van der Waals surface area contributed by atoms with E-state index in [-0.39, 0.29) is 27.5 Å². The van der Waals surface area contributed by atoms with Gasteiger partial charge in [0.1, 0.15) is 5.75 Å². The number of ether oxygens (including phenoxy) is 2. The Balaban J connectivity index is 2.45. The Kier molecular flexibility index (Phi) is 5.06. The minimum atomic E-state index is -3.96. The van der Waals surface area contributed by atoms with Crippen LogP contribution < -0.4 is 9.46 Å². The lowest BCUT2D eigenvalue weighted by Crippen LogP contribution is -2.14. The van der Waals surface area contributed by atoms with Gasteiger partial charge in [-0.15, -0.1) is 0 Å². The van der Waals surface area contributed by atoms with Gasteiger partial charge >= 0.3 is 5.97 Å². The Hall–Kier alpha value is -3.05. The highest BCUT2D eigenvalue weighted by Gasteiger charge is 2.18. The zero-order valence-electron chi connectivity index (χ0n) is 12.9. The van der Waals surface area contributed by atoms with Gasteiger partial charge in [0.2, 0.25) is 0 Å². The molecule has 0 spiro atoms. The van der Waals surface area contributed by atoms with Crippen molar-refractivity contribution in [3.63, 3.8) is 0 Å². The molecule has 0 aromatic heterocycles. The van der Waals surface area contributed by atoms with Crippen LogP contribution in [0.25, 0.3) is 0 Å². The highest BCUT2D eigenvalue weighted by Crippen LogP contribution is 2.28. The third-order valence-electron chi connectivity index (χ3n) is 3.14. The van der Waals surface area contributed by atoms with Crippen LogP contribution in [0.2, 0.25) is 0 Å². The SMILES string of the molecule is COC(=O)c1ccc(OC)c(NS(=O)(=O)c2cccc(C#N)c2)c1. The van der Waals surface area contributed by atoms with Crippen LogP contribution in [0.1, 0.15) is 15.9 Å². The predicted octanol–water partition coefficient (Wildman–Crippen LogP) is 2.15. The van der Waals surface area contributed by atoms with Crippen LogP contribution in [0.4, 0.5) is 5.69 Å². The third kappa shape index (κ3) is 3.64. The summed E-state index contributed by atoms with van der Waals surface area (Å²) in [6.07, 6.45) is 0. The first kappa shape index (κ1) is 17.3. The lowest BCUT2D eigenvalue weighted by molar-refractivity contribution is 0.0600. The van der Waals surface area contributed by atoms with Crippen LogP contribution in [0.3, 0.4) is 0 Å². The summed E-state index contributed by atoms with van der Waals surface area (Å²) in [5, 5.41) is 8.89. The van der Waals surface area contributed by atoms with Crippen LogP contribution in [0, 0.1) is 11.3 Å². The molecule has 2 aromatic rings. The van der Waals surface area contributed by atoms with Gasteiger partial charge in [-0.05, 0) is 36.4 Å². The smallest absolute Gasteiger partial charge is 0.337 e. The van der Waals surface area contributed by atoms with E-state index in [2.05, 4.69) is 9.46 Å². The van der Waals surface area contributed by atoms with Crippen molar-refractivity contribution in [2.75, 3.05) is 18.9 Å². The summed E-state index contributed by atoms with van der Waals surface area (Å²) in [4.78, 5) is 11.5. The van der Waals surface area contributed by atoms with E-state index < -0.39 is 16.0 Å². The zero-order valence-corrected chi connectivity index (χ0v) is 13.8. The van der Waals surface area contributed by atoms with Crippen LogP contribution >= 0.6 is 0 Å². The fraction of sp³-hybridized carbons (Fsp3) is 0.125. The fourth-order valence-corrected chi connectivity index (χ4v) is 3.08. The first-order chi connectivity index (χ1) is 11.4. The van der Waals surface area contributed by atoms with E-state index >= 15 is 0 Å². The average molecular weight is 346 g/mol. The number of nitrogens with one attached hydrogen (secondary N) is 1. The minimum absolute atomic E-state index is 0.0768. The fourth-order valence-electron chi connectivity index (χ4n) is 1.97. The molecule has 0 saturated heterocycles. The van der Waals surface area contributed by atoms with Crippen molar-refractivity contribution >= 4 is 21.7 Å². The monoisotopic (exact) mass is 346 g/mol. The standard InChI is InChI=1S/C16H14N2O5S/c1-22-15-7-6-12(16(19)23-2)9-14(15)18-24(20,21)13-5-3-4-11(8-13)10-17/h3-9,18H,1-2H3. The minimum Gasteiger partial charge on any atom is -0.495 e. The summed E-state index contributed by atoms with van der Waals surface area (Å²) in [6.45, 7) is 0. The van der Waals surface area contributed by atoms with E-state index in [0.717, 1.165) is 0 Å². The molecule has 0 bridgehead atoms. The van der Waals surface area contributed by atoms with Gasteiger partial charge in [0.25, 0.3) is 10.0 Å². The molecule has 0 fully saturated rings. The van der Waals surface area contributed by atoms with Crippen LogP contribution in [0.15, 0.2) is 47.4 Å². The number of esters is 1. The van der Waals surface area contributed by atoms with Crippen molar-refractivity contribution in [2.24, 2.45) is 0 Å². The Bertz CT molecular complexity index is 916. The molecule has 0 heterocycles. The van der Waals surface area contributed by atoms with Crippen LogP contribution in [-0.4, -0.2) is 28.6 Å². The maximum absolute atomic E-state index is 12.5. The Morgan fingerprint density at radius 3 is 2.54 bits per heavy atom. The first-order valence-corrected chi connectivity index (χ1v) is 8.19. The highest BCUT2D eigenvalue weighted by atomic mass is 32.2. The molecule has 7 nitrogen and oxygen atoms in total. The molecule has 0 aliphatic carbocycles. The molecule has 0 saturated carbocycles. The van der Waals surface area contributed by atoms with Gasteiger partial charge in [0, 0.05) is 0 Å². The number of benzene rings is 2. The van der Waals surface area contributed by atoms with Crippen molar-refractivity contribution in [3.8, 4) is 11.8 Å². The van der Waals surface area contributed by atoms with Gasteiger partial charge in [0.15, 0.2) is 0 Å². The Morgan fingerprint density at radius 1 is 1.17 bits per heavy atom. The second-order valence-electron chi connectivity index (χ2n) is 4.65. The summed E-state index contributed by atoms with van der Waals surface area (Å²) >= 11 is 0. The molecule has 0 aliphatic heterocycles. The lowest BCUT2D eigenvalue weighted by atomic mass is 10.2. The molecular weight excluding hydrogens is 332 g/mol. The summed E-state index contributed by atoms with van der Waals surface area (Å²) in [7, 11) is -1.36. The van der Waals surface area contributed by atoms with Crippen molar-refractivity contribution in [3.05, 3.63) is 53.6 Å². The molecule has 0 amide bonds. The number of anilines is 1. The maximum Gasteiger partial charge on any atom is 0.337 e. The zero-order chi connectivity index (χ0) is 17.7. The van der Waals surface area contributed by atoms with Gasteiger partial charge in [-0.25, -0.2) is 13.2 Å². The Labute approximate surface area is 139 Å². The quantitative estimate of drug-likeness (QED) is 0.832. The van der Waals surface area contributed by atoms with E-state index in [1.54, 1.807) is 0 Å². The second kappa shape index (κ2) is 7.02. The molecule has 0 unspecified atom stereocenters. The molecule has 1 N–H and O–H groups in total. The Morgan fingerprint density at radius 2 is 1.92 bits per heavy atom. The number of nitriles is 1. The van der Waals surface area contributed by atoms with Crippen molar-refractivity contribution in [1.82, 2.24) is 0 Å². The molecule has 24 heavy (non-hydrogen) atoms. The van der Waals surface area contributed by atoms with Crippen molar-refractivity contribution in [2.45, 2.75) is 4.90 Å². The third-order valence-corrected chi connectivity index (χ3v) is 4.50. The lowest BCUT2D eigenvalue weighted by Gasteiger charge is -2.13. The number of methoxy groups -OCH3 is 2. The maximum atomic E-state index is 12.5. The molecule has 2 rings (SSSR count). The first-order valence-electron chi connectivity index (χ1n) is 6.70. The number of sulfonamides is 1. The average Bonchev–Trinajstić information content (AvgIpc) is 2.60. The highest BCUT2D eigenvalue weighted by molar-refractivity contribution is 7.92. The number of nitrogens with zero attached hydrogens (tertiary/aromatic N) is 1. The number of carbonyl (C=O) groups is 1. The molecule has 0 aliphatic rings. The van der Waals surface area contributed by atoms with Gasteiger partial charge < -0.3 is 9.47 Å². The van der Waals surface area contributed by atoms with E-state index in [9.17, 15) is 13.2 Å². The van der Waals surface area contributed by atoms with Crippen molar-refractivity contribution < 1.29 is 22.7 Å². The molecule has 124 valence electrons. The number of carbonyl (C=O) groups excluding carboxylic acids is 1. The topological polar surface area (TPSA) is 105 Å². The molecule has 8 heteroatoms. The van der Waals surface area contributed by atoms with Gasteiger partial charge in [0.05, 0.1) is 42.0 Å². The van der Waals surface area contributed by atoms with Crippen LogP contribution in [0.5, 0.6) is 5.75 Å². The molecular formula is C16H14N2O5S. The predicted molar refractivity (Wildman–Crippen MR) is 86.3 cm³/mol. The summed E-state index contributed by atoms with van der Waals surface area (Å²) < 4.78 is 37.1. The van der Waals surface area contributed by atoms with E-state index in [1.165, 1.54) is 56.7 Å². The number of rotatable bonds is 5. The van der Waals surface area contributed by atoms with E-state index in [1.807, 2.05) is 6.07 Å². The summed E-state index contributed by atoms with van der Waals surface area (Å²) in [5.41, 5.74) is 0.470. The van der Waals surface area contributed by atoms with Gasteiger partial charge in [-0.2, -0.15) is 5.26 Å². The van der Waals surface area contributed by atoms with Gasteiger partial charge in [-0.3, -0.25) is 4.72 Å². The molecule has 2 aromatic carbocycles. The summed E-state index contributed by atoms with van der Waals surface area (Å²) in [5.74, 6) is -0.368. The number of hydrogen-bond donors (Lipinski definition) is 1. The largest absolute Gasteiger partial charge is 0.495 e. The van der Waals surface area contributed by atoms with Gasteiger partial charge in [-0.1, -0.05) is 6.07 Å². The second-order valence-corrected chi connectivity index (χ2v) is 6.33. The molecule has 0 atom stereocenters. The van der Waals surface area contributed by atoms with E-state index in [4.69, 9.17) is 10.00 Å². The van der Waals surface area contributed by atoms with Crippen LogP contribution in [-0.2, 0) is 14.8 Å².